The van der Waals surface area contributed by atoms with Crippen molar-refractivity contribution in [2.75, 3.05) is 0 Å². The zero-order chi connectivity index (χ0) is 25.2. The molecule has 0 aliphatic rings. The van der Waals surface area contributed by atoms with Gasteiger partial charge in [-0.05, 0) is 82.6 Å². The summed E-state index contributed by atoms with van der Waals surface area (Å²) < 4.78 is 8.37. The van der Waals surface area contributed by atoms with E-state index in [0.29, 0.717) is 5.89 Å². The summed E-state index contributed by atoms with van der Waals surface area (Å²) in [5.41, 5.74) is 9.10. The zero-order valence-electron chi connectivity index (χ0n) is 21.9. The number of hydrogen-bond donors (Lipinski definition) is 0. The molecular formula is C33H32N2O. The highest BCUT2D eigenvalue weighted by Crippen LogP contribution is 2.38. The van der Waals surface area contributed by atoms with Crippen molar-refractivity contribution in [3.63, 3.8) is 0 Å². The van der Waals surface area contributed by atoms with Crippen molar-refractivity contribution >= 4 is 32.9 Å². The van der Waals surface area contributed by atoms with Gasteiger partial charge in [-0.3, -0.25) is 0 Å². The monoisotopic (exact) mass is 472 g/mol. The fraction of sp³-hybridized carbons (Fsp3) is 0.242. The first-order chi connectivity index (χ1) is 17.1. The lowest BCUT2D eigenvalue weighted by Gasteiger charge is -2.19. The van der Waals surface area contributed by atoms with Gasteiger partial charge >= 0.3 is 0 Å². The maximum atomic E-state index is 6.00. The molecule has 6 aromatic rings. The molecule has 2 heterocycles. The van der Waals surface area contributed by atoms with E-state index in [4.69, 9.17) is 4.42 Å². The molecule has 36 heavy (non-hydrogen) atoms. The summed E-state index contributed by atoms with van der Waals surface area (Å²) in [5, 5.41) is 2.60. The summed E-state index contributed by atoms with van der Waals surface area (Å²) in [6.07, 6.45) is 0. The van der Waals surface area contributed by atoms with Crippen LogP contribution >= 0.6 is 0 Å². The average molecular weight is 473 g/mol. The highest BCUT2D eigenvalue weighted by Gasteiger charge is 2.21. The van der Waals surface area contributed by atoms with Crippen LogP contribution in [0.5, 0.6) is 0 Å². The third-order valence-electron chi connectivity index (χ3n) is 7.16. The molecule has 0 spiro atoms. The minimum Gasteiger partial charge on any atom is -0.436 e. The van der Waals surface area contributed by atoms with Crippen LogP contribution < -0.4 is 0 Å². The zero-order valence-corrected chi connectivity index (χ0v) is 21.9. The second kappa shape index (κ2) is 7.83. The van der Waals surface area contributed by atoms with Crippen LogP contribution in [-0.4, -0.2) is 9.55 Å². The third-order valence-corrected chi connectivity index (χ3v) is 7.16. The van der Waals surface area contributed by atoms with E-state index in [1.54, 1.807) is 0 Å². The van der Waals surface area contributed by atoms with E-state index in [-0.39, 0.29) is 10.8 Å². The van der Waals surface area contributed by atoms with Crippen molar-refractivity contribution in [2.45, 2.75) is 52.4 Å². The van der Waals surface area contributed by atoms with Gasteiger partial charge in [0.05, 0.1) is 11.0 Å². The summed E-state index contributed by atoms with van der Waals surface area (Å²) in [6, 6.07) is 30.3. The van der Waals surface area contributed by atoms with E-state index < -0.39 is 0 Å². The van der Waals surface area contributed by atoms with Crippen molar-refractivity contribution in [1.82, 2.24) is 9.55 Å². The van der Waals surface area contributed by atoms with Crippen LogP contribution in [0.15, 0.2) is 89.3 Å². The molecule has 0 aliphatic carbocycles. The molecule has 2 aromatic heterocycles. The lowest BCUT2D eigenvalue weighted by molar-refractivity contribution is 0.590. The standard InChI is InChI=1S/C33H32N2O/c1-32(2,3)22-13-17-28-25(19-22)26-20-23(33(4,5)6)14-18-29(26)35(28)24-15-11-21(12-16-24)31-34-27-9-7-8-10-30(27)36-31/h7-20H,1-6H3. The molecule has 4 aromatic carbocycles. The van der Waals surface area contributed by atoms with Crippen LogP contribution in [0, 0.1) is 0 Å². The van der Waals surface area contributed by atoms with Crippen LogP contribution in [0.2, 0.25) is 0 Å². The Morgan fingerprint density at radius 2 is 1.19 bits per heavy atom. The van der Waals surface area contributed by atoms with Crippen molar-refractivity contribution < 1.29 is 4.42 Å². The van der Waals surface area contributed by atoms with Crippen LogP contribution in [-0.2, 0) is 10.8 Å². The quantitative estimate of drug-likeness (QED) is 0.251. The largest absolute Gasteiger partial charge is 0.436 e. The predicted molar refractivity (Wildman–Crippen MR) is 151 cm³/mol. The Morgan fingerprint density at radius 1 is 0.639 bits per heavy atom. The molecule has 0 radical (unpaired) electrons. The van der Waals surface area contributed by atoms with Crippen LogP contribution in [0.4, 0.5) is 0 Å². The highest BCUT2D eigenvalue weighted by atomic mass is 16.3. The summed E-state index contributed by atoms with van der Waals surface area (Å²) in [4.78, 5) is 4.67. The first-order valence-electron chi connectivity index (χ1n) is 12.7. The Hall–Kier alpha value is -3.85. The number of hydrogen-bond acceptors (Lipinski definition) is 2. The fourth-order valence-electron chi connectivity index (χ4n) is 4.98. The highest BCUT2D eigenvalue weighted by molar-refractivity contribution is 6.09. The Kier molecular flexibility index (Phi) is 4.91. The first kappa shape index (κ1) is 22.6. The van der Waals surface area contributed by atoms with Crippen LogP contribution in [0.1, 0.15) is 52.7 Å². The Balaban J connectivity index is 1.54. The Morgan fingerprint density at radius 3 is 1.72 bits per heavy atom. The van der Waals surface area contributed by atoms with Gasteiger partial charge in [-0.15, -0.1) is 0 Å². The van der Waals surface area contributed by atoms with Gasteiger partial charge in [0.2, 0.25) is 5.89 Å². The molecule has 0 bridgehead atoms. The second-order valence-corrected chi connectivity index (χ2v) is 11.8. The molecule has 3 nitrogen and oxygen atoms in total. The Bertz CT molecular complexity index is 1630. The molecule has 0 fully saturated rings. The van der Waals surface area contributed by atoms with E-state index in [1.165, 1.54) is 32.9 Å². The first-order valence-corrected chi connectivity index (χ1v) is 12.7. The SMILES string of the molecule is CC(C)(C)c1ccc2c(c1)c1cc(C(C)(C)C)ccc1n2-c1ccc(-c2nc3ccccc3o2)cc1. The normalized spacial score (nSPS) is 12.7. The number of fused-ring (bicyclic) bond motifs is 4. The molecule has 6 rings (SSSR count). The van der Waals surface area contributed by atoms with E-state index in [2.05, 4.69) is 112 Å². The van der Waals surface area contributed by atoms with Gasteiger partial charge in [-0.1, -0.05) is 65.8 Å². The van der Waals surface area contributed by atoms with Crippen molar-refractivity contribution in [3.8, 4) is 17.1 Å². The number of rotatable bonds is 2. The Labute approximate surface area is 212 Å². The number of nitrogens with zero attached hydrogens (tertiary/aromatic N) is 2. The maximum absolute atomic E-state index is 6.00. The molecule has 0 N–H and O–H groups in total. The van der Waals surface area contributed by atoms with Gasteiger partial charge in [0.15, 0.2) is 5.58 Å². The lowest BCUT2D eigenvalue weighted by atomic mass is 9.85. The molecule has 0 saturated heterocycles. The second-order valence-electron chi connectivity index (χ2n) is 11.8. The van der Waals surface area contributed by atoms with Gasteiger partial charge < -0.3 is 8.98 Å². The molecule has 0 aliphatic heterocycles. The molecule has 0 amide bonds. The average Bonchev–Trinajstić information content (AvgIpc) is 3.41. The summed E-state index contributed by atoms with van der Waals surface area (Å²) in [5.74, 6) is 0.648. The van der Waals surface area contributed by atoms with Gasteiger partial charge in [0.1, 0.15) is 5.52 Å². The van der Waals surface area contributed by atoms with Crippen LogP contribution in [0.3, 0.4) is 0 Å². The molecule has 0 unspecified atom stereocenters. The van der Waals surface area contributed by atoms with Gasteiger partial charge in [-0.2, -0.15) is 0 Å². The topological polar surface area (TPSA) is 31.0 Å². The smallest absolute Gasteiger partial charge is 0.227 e. The summed E-state index contributed by atoms with van der Waals surface area (Å²) in [6.45, 7) is 13.7. The number of aromatic nitrogens is 2. The number of oxazole rings is 1. The molecule has 0 saturated carbocycles. The van der Waals surface area contributed by atoms with Crippen molar-refractivity contribution in [2.24, 2.45) is 0 Å². The van der Waals surface area contributed by atoms with Gasteiger partial charge in [0.25, 0.3) is 0 Å². The van der Waals surface area contributed by atoms with E-state index in [1.807, 2.05) is 24.3 Å². The van der Waals surface area contributed by atoms with E-state index in [9.17, 15) is 0 Å². The van der Waals surface area contributed by atoms with Crippen molar-refractivity contribution in [1.29, 1.82) is 0 Å². The number of para-hydroxylation sites is 2. The van der Waals surface area contributed by atoms with Gasteiger partial charge in [0, 0.05) is 22.0 Å². The van der Waals surface area contributed by atoms with Crippen molar-refractivity contribution in [3.05, 3.63) is 96.1 Å². The lowest BCUT2D eigenvalue weighted by Crippen LogP contribution is -2.10. The van der Waals surface area contributed by atoms with E-state index in [0.717, 1.165) is 22.4 Å². The number of benzene rings is 4. The molecule has 0 atom stereocenters. The molecular weight excluding hydrogens is 440 g/mol. The van der Waals surface area contributed by atoms with Crippen LogP contribution in [0.25, 0.3) is 50.0 Å². The third kappa shape index (κ3) is 3.71. The summed E-state index contributed by atoms with van der Waals surface area (Å²) >= 11 is 0. The molecule has 180 valence electrons. The molecule has 3 heteroatoms. The van der Waals surface area contributed by atoms with Gasteiger partial charge in [-0.25, -0.2) is 4.98 Å². The maximum Gasteiger partial charge on any atom is 0.227 e. The van der Waals surface area contributed by atoms with E-state index >= 15 is 0 Å². The summed E-state index contributed by atoms with van der Waals surface area (Å²) in [7, 11) is 0. The fourth-order valence-corrected chi connectivity index (χ4v) is 4.98. The minimum absolute atomic E-state index is 0.0888. The minimum atomic E-state index is 0.0888. The predicted octanol–water partition coefficient (Wildman–Crippen LogP) is 9.19.